The van der Waals surface area contributed by atoms with E-state index in [1.54, 1.807) is 19.5 Å². The number of rotatable bonds is 8. The first-order valence-corrected chi connectivity index (χ1v) is 9.71. The number of Topliss-reactive ketones (excluding diaryl/α,β-unsaturated/α-hetero) is 1. The summed E-state index contributed by atoms with van der Waals surface area (Å²) in [5.41, 5.74) is 1.60. The number of pyridine rings is 1. The second-order valence-electron chi connectivity index (χ2n) is 5.41. The zero-order chi connectivity index (χ0) is 18.4. The number of ketones is 1. The van der Waals surface area contributed by atoms with Crippen molar-refractivity contribution < 1.29 is 9.53 Å². The Labute approximate surface area is 164 Å². The smallest absolute Gasteiger partial charge is 0.192 e. The number of nitrogens with zero attached hydrogens (tertiary/aromatic N) is 4. The van der Waals surface area contributed by atoms with Gasteiger partial charge < -0.3 is 4.74 Å². The molecule has 26 heavy (non-hydrogen) atoms. The lowest BCUT2D eigenvalue weighted by Crippen LogP contribution is -2.09. The van der Waals surface area contributed by atoms with Crippen molar-refractivity contribution in [3.05, 3.63) is 58.8 Å². The van der Waals surface area contributed by atoms with Crippen LogP contribution in [0.2, 0.25) is 0 Å². The molecule has 0 saturated heterocycles. The van der Waals surface area contributed by atoms with Gasteiger partial charge >= 0.3 is 0 Å². The minimum atomic E-state index is 0.0502. The molecule has 0 fully saturated rings. The predicted molar refractivity (Wildman–Crippen MR) is 104 cm³/mol. The summed E-state index contributed by atoms with van der Waals surface area (Å²) >= 11 is 4.75. The summed E-state index contributed by atoms with van der Waals surface area (Å²) in [5, 5.41) is 9.25. The van der Waals surface area contributed by atoms with Crippen LogP contribution < -0.4 is 0 Å². The summed E-state index contributed by atoms with van der Waals surface area (Å²) in [6.45, 7) is 1.14. The topological polar surface area (TPSA) is 69.9 Å². The first kappa shape index (κ1) is 18.8. The molecule has 3 rings (SSSR count). The molecule has 0 atom stereocenters. The van der Waals surface area contributed by atoms with Gasteiger partial charge in [0, 0.05) is 35.1 Å². The maximum absolute atomic E-state index is 12.4. The normalized spacial score (nSPS) is 10.8. The molecule has 0 unspecified atom stereocenters. The average Bonchev–Trinajstić information content (AvgIpc) is 3.08. The van der Waals surface area contributed by atoms with Crippen molar-refractivity contribution in [3.63, 3.8) is 0 Å². The number of ether oxygens (including phenoxy) is 1. The second-order valence-corrected chi connectivity index (χ2v) is 7.26. The molecule has 0 aliphatic rings. The van der Waals surface area contributed by atoms with E-state index in [4.69, 9.17) is 4.74 Å². The minimum absolute atomic E-state index is 0.0502. The van der Waals surface area contributed by atoms with Crippen LogP contribution in [0.4, 0.5) is 0 Å². The Morgan fingerprint density at radius 2 is 1.88 bits per heavy atom. The van der Waals surface area contributed by atoms with Gasteiger partial charge in [-0.15, -0.1) is 10.2 Å². The van der Waals surface area contributed by atoms with Crippen LogP contribution in [0.3, 0.4) is 0 Å². The first-order valence-electron chi connectivity index (χ1n) is 7.93. The molecule has 0 aliphatic heterocycles. The van der Waals surface area contributed by atoms with Gasteiger partial charge in [0.25, 0.3) is 0 Å². The molecule has 3 aromatic rings. The van der Waals surface area contributed by atoms with Crippen LogP contribution in [0.25, 0.3) is 11.4 Å². The van der Waals surface area contributed by atoms with Gasteiger partial charge in [-0.2, -0.15) is 0 Å². The van der Waals surface area contributed by atoms with Gasteiger partial charge in [0.1, 0.15) is 0 Å². The molecular formula is C18H17BrN4O2S. The standard InChI is InChI=1S/C18H17BrN4O2S/c1-25-11-10-23-17(14-6-8-20-9-7-14)21-22-18(23)26-12-16(24)13-2-4-15(19)5-3-13/h2-9H,10-12H2,1H3. The van der Waals surface area contributed by atoms with E-state index in [1.807, 2.05) is 41.0 Å². The summed E-state index contributed by atoms with van der Waals surface area (Å²) in [5.74, 6) is 1.08. The van der Waals surface area contributed by atoms with Crippen molar-refractivity contribution >= 4 is 33.5 Å². The molecule has 0 radical (unpaired) electrons. The van der Waals surface area contributed by atoms with Gasteiger partial charge in [-0.25, -0.2) is 0 Å². The molecule has 0 bridgehead atoms. The average molecular weight is 433 g/mol. The third-order valence-corrected chi connectivity index (χ3v) is 5.17. The fourth-order valence-corrected chi connectivity index (χ4v) is 3.47. The third-order valence-electron chi connectivity index (χ3n) is 3.67. The lowest BCUT2D eigenvalue weighted by Gasteiger charge is -2.09. The SMILES string of the molecule is COCCn1c(SCC(=O)c2ccc(Br)cc2)nnc1-c1ccncc1. The molecule has 0 aliphatic carbocycles. The number of carbonyl (C=O) groups is 1. The summed E-state index contributed by atoms with van der Waals surface area (Å²) in [4.78, 5) is 16.4. The van der Waals surface area contributed by atoms with E-state index in [0.717, 1.165) is 15.9 Å². The molecule has 134 valence electrons. The molecule has 0 amide bonds. The predicted octanol–water partition coefficient (Wildman–Crippen LogP) is 3.72. The molecule has 0 N–H and O–H groups in total. The van der Waals surface area contributed by atoms with Crippen LogP contribution in [-0.2, 0) is 11.3 Å². The summed E-state index contributed by atoms with van der Waals surface area (Å²) < 4.78 is 8.12. The monoisotopic (exact) mass is 432 g/mol. The van der Waals surface area contributed by atoms with Gasteiger partial charge in [0.15, 0.2) is 16.8 Å². The Hall–Kier alpha value is -2.03. The minimum Gasteiger partial charge on any atom is -0.383 e. The zero-order valence-electron chi connectivity index (χ0n) is 14.1. The van der Waals surface area contributed by atoms with Crippen molar-refractivity contribution in [3.8, 4) is 11.4 Å². The van der Waals surface area contributed by atoms with Crippen molar-refractivity contribution in [1.29, 1.82) is 0 Å². The lowest BCUT2D eigenvalue weighted by molar-refractivity contribution is 0.102. The second kappa shape index (κ2) is 9.07. The Morgan fingerprint density at radius 3 is 2.58 bits per heavy atom. The van der Waals surface area contributed by atoms with Gasteiger partial charge in [-0.3, -0.25) is 14.3 Å². The lowest BCUT2D eigenvalue weighted by atomic mass is 10.2. The summed E-state index contributed by atoms with van der Waals surface area (Å²) in [6, 6.07) is 11.1. The number of aromatic nitrogens is 4. The van der Waals surface area contributed by atoms with Crippen molar-refractivity contribution in [2.24, 2.45) is 0 Å². The third kappa shape index (κ3) is 4.57. The fourth-order valence-electron chi connectivity index (χ4n) is 2.34. The van der Waals surface area contributed by atoms with Gasteiger partial charge in [-0.1, -0.05) is 39.8 Å². The number of benzene rings is 1. The van der Waals surface area contributed by atoms with Crippen molar-refractivity contribution in [2.45, 2.75) is 11.7 Å². The number of hydrogen-bond donors (Lipinski definition) is 0. The van der Waals surface area contributed by atoms with E-state index in [9.17, 15) is 4.79 Å². The Kier molecular flexibility index (Phi) is 6.54. The van der Waals surface area contributed by atoms with E-state index in [2.05, 4.69) is 31.1 Å². The van der Waals surface area contributed by atoms with Gasteiger partial charge in [0.2, 0.25) is 0 Å². The van der Waals surface area contributed by atoms with Crippen molar-refractivity contribution in [1.82, 2.24) is 19.7 Å². The number of hydrogen-bond acceptors (Lipinski definition) is 6. The molecule has 6 nitrogen and oxygen atoms in total. The van der Waals surface area contributed by atoms with E-state index in [1.165, 1.54) is 11.8 Å². The first-order chi connectivity index (χ1) is 12.7. The Bertz CT molecular complexity index is 869. The molecule has 1 aromatic carbocycles. The highest BCUT2D eigenvalue weighted by Crippen LogP contribution is 2.24. The van der Waals surface area contributed by atoms with Crippen LogP contribution in [0, 0.1) is 0 Å². The number of methoxy groups -OCH3 is 1. The fraction of sp³-hybridized carbons (Fsp3) is 0.222. The molecule has 2 aromatic heterocycles. The Morgan fingerprint density at radius 1 is 1.15 bits per heavy atom. The number of thioether (sulfide) groups is 1. The summed E-state index contributed by atoms with van der Waals surface area (Å²) in [7, 11) is 1.65. The van der Waals surface area contributed by atoms with E-state index < -0.39 is 0 Å². The van der Waals surface area contributed by atoms with Crippen LogP contribution in [0.1, 0.15) is 10.4 Å². The van der Waals surface area contributed by atoms with Gasteiger partial charge in [0.05, 0.1) is 18.9 Å². The molecular weight excluding hydrogens is 416 g/mol. The number of halogens is 1. The molecule has 0 saturated carbocycles. The van der Waals surface area contributed by atoms with Gasteiger partial charge in [-0.05, 0) is 24.3 Å². The van der Waals surface area contributed by atoms with E-state index in [-0.39, 0.29) is 5.78 Å². The highest BCUT2D eigenvalue weighted by Gasteiger charge is 2.16. The van der Waals surface area contributed by atoms with Crippen LogP contribution in [0.5, 0.6) is 0 Å². The summed E-state index contributed by atoms with van der Waals surface area (Å²) in [6.07, 6.45) is 3.43. The quantitative estimate of drug-likeness (QED) is 0.398. The maximum Gasteiger partial charge on any atom is 0.192 e. The molecule has 2 heterocycles. The van der Waals surface area contributed by atoms with E-state index in [0.29, 0.717) is 29.6 Å². The van der Waals surface area contributed by atoms with Crippen LogP contribution in [-0.4, -0.2) is 45.0 Å². The molecule has 8 heteroatoms. The van der Waals surface area contributed by atoms with Crippen LogP contribution >= 0.6 is 27.7 Å². The maximum atomic E-state index is 12.4. The van der Waals surface area contributed by atoms with Crippen molar-refractivity contribution in [2.75, 3.05) is 19.5 Å². The van der Waals surface area contributed by atoms with E-state index >= 15 is 0 Å². The number of carbonyl (C=O) groups excluding carboxylic acids is 1. The largest absolute Gasteiger partial charge is 0.383 e. The van der Waals surface area contributed by atoms with Crippen LogP contribution in [0.15, 0.2) is 58.4 Å². The highest BCUT2D eigenvalue weighted by molar-refractivity contribution is 9.10. The zero-order valence-corrected chi connectivity index (χ0v) is 16.5. The highest BCUT2D eigenvalue weighted by atomic mass is 79.9. The molecule has 0 spiro atoms. The Balaban J connectivity index is 1.77.